The van der Waals surface area contributed by atoms with Crippen LogP contribution in [0, 0.1) is 0 Å². The summed E-state index contributed by atoms with van der Waals surface area (Å²) < 4.78 is 7.55. The van der Waals surface area contributed by atoms with E-state index in [4.69, 9.17) is 16.3 Å². The first-order valence-corrected chi connectivity index (χ1v) is 11.2. The maximum Gasteiger partial charge on any atom is 0.232 e. The Morgan fingerprint density at radius 1 is 1.17 bits per heavy atom. The Bertz CT molecular complexity index is 1060. The highest BCUT2D eigenvalue weighted by atomic mass is 35.5. The first kappa shape index (κ1) is 20.8. The highest BCUT2D eigenvalue weighted by Gasteiger charge is 2.23. The van der Waals surface area contributed by atoms with Crippen molar-refractivity contribution in [2.75, 3.05) is 25.1 Å². The van der Waals surface area contributed by atoms with Gasteiger partial charge in [-0.3, -0.25) is 9.36 Å². The van der Waals surface area contributed by atoms with Crippen LogP contribution >= 0.6 is 23.4 Å². The van der Waals surface area contributed by atoms with Crippen molar-refractivity contribution in [3.8, 4) is 11.4 Å². The van der Waals surface area contributed by atoms with Crippen LogP contribution in [0.3, 0.4) is 0 Å². The predicted octanol–water partition coefficient (Wildman–Crippen LogP) is 5.02. The van der Waals surface area contributed by atoms with E-state index in [9.17, 15) is 4.79 Å². The molecule has 6 nitrogen and oxygen atoms in total. The van der Waals surface area contributed by atoms with E-state index in [0.29, 0.717) is 16.3 Å². The lowest BCUT2D eigenvalue weighted by Gasteiger charge is -2.18. The van der Waals surface area contributed by atoms with Crippen LogP contribution in [0.15, 0.2) is 47.6 Å². The number of carbonyl (C=O) groups is 1. The molecular weight excluding hydrogens is 420 g/mol. The van der Waals surface area contributed by atoms with Crippen LogP contribution in [0.4, 0.5) is 5.95 Å². The number of benzene rings is 2. The Morgan fingerprint density at radius 2 is 1.97 bits per heavy atom. The Kier molecular flexibility index (Phi) is 6.29. The standard InChI is InChI=1S/C22H23ClN4O2S/c1-15(28)16-8-9-20(29-2)17(12-16)14-30-22-25-24-21(26-10-3-4-11-26)27(22)19-7-5-6-18(23)13-19/h5-9,12-13H,3-4,10-11,14H2,1-2H3. The van der Waals surface area contributed by atoms with Crippen LogP contribution in [0.2, 0.25) is 5.02 Å². The van der Waals surface area contributed by atoms with Crippen LogP contribution in [-0.2, 0) is 5.75 Å². The maximum absolute atomic E-state index is 11.8. The molecule has 30 heavy (non-hydrogen) atoms. The minimum atomic E-state index is 0.0299. The fraction of sp³-hybridized carbons (Fsp3) is 0.318. The summed E-state index contributed by atoms with van der Waals surface area (Å²) in [5.74, 6) is 2.22. The van der Waals surface area contributed by atoms with Gasteiger partial charge in [0.15, 0.2) is 10.9 Å². The molecule has 0 aliphatic carbocycles. The number of halogens is 1. The Morgan fingerprint density at radius 3 is 2.67 bits per heavy atom. The summed E-state index contributed by atoms with van der Waals surface area (Å²) in [5, 5.41) is 10.4. The summed E-state index contributed by atoms with van der Waals surface area (Å²) in [6.45, 7) is 3.51. The molecule has 2 heterocycles. The smallest absolute Gasteiger partial charge is 0.232 e. The number of ketones is 1. The molecule has 2 aromatic carbocycles. The largest absolute Gasteiger partial charge is 0.496 e. The molecule has 0 radical (unpaired) electrons. The molecule has 0 amide bonds. The molecule has 0 saturated carbocycles. The molecule has 0 bridgehead atoms. The second kappa shape index (κ2) is 9.10. The number of ether oxygens (including phenoxy) is 1. The van der Waals surface area contributed by atoms with Crippen LogP contribution < -0.4 is 9.64 Å². The van der Waals surface area contributed by atoms with Gasteiger partial charge in [0.2, 0.25) is 5.95 Å². The van der Waals surface area contributed by atoms with Gasteiger partial charge in [-0.2, -0.15) is 0 Å². The third-order valence-electron chi connectivity index (χ3n) is 5.12. The average molecular weight is 443 g/mol. The number of anilines is 1. The Labute approximate surface area is 185 Å². The van der Waals surface area contributed by atoms with Crippen LogP contribution in [0.5, 0.6) is 5.75 Å². The number of carbonyl (C=O) groups excluding carboxylic acids is 1. The minimum absolute atomic E-state index is 0.0299. The summed E-state index contributed by atoms with van der Waals surface area (Å²) in [6, 6.07) is 13.2. The second-order valence-electron chi connectivity index (χ2n) is 7.16. The summed E-state index contributed by atoms with van der Waals surface area (Å²) >= 11 is 7.82. The minimum Gasteiger partial charge on any atom is -0.496 e. The van der Waals surface area contributed by atoms with Crippen molar-refractivity contribution in [1.29, 1.82) is 0 Å². The molecule has 8 heteroatoms. The maximum atomic E-state index is 11.8. The summed E-state index contributed by atoms with van der Waals surface area (Å²) in [5.41, 5.74) is 2.54. The van der Waals surface area contributed by atoms with Gasteiger partial charge in [-0.05, 0) is 56.2 Å². The zero-order valence-electron chi connectivity index (χ0n) is 17.0. The van der Waals surface area contributed by atoms with E-state index in [0.717, 1.165) is 54.0 Å². The van der Waals surface area contributed by atoms with Gasteiger partial charge < -0.3 is 9.64 Å². The molecule has 0 atom stereocenters. The second-order valence-corrected chi connectivity index (χ2v) is 8.54. The average Bonchev–Trinajstić information content (AvgIpc) is 3.41. The van der Waals surface area contributed by atoms with Crippen molar-refractivity contribution < 1.29 is 9.53 Å². The van der Waals surface area contributed by atoms with Crippen LogP contribution in [0.1, 0.15) is 35.7 Å². The lowest BCUT2D eigenvalue weighted by Crippen LogP contribution is -2.22. The number of methoxy groups -OCH3 is 1. The molecule has 0 N–H and O–H groups in total. The molecule has 3 aromatic rings. The van der Waals surface area contributed by atoms with E-state index < -0.39 is 0 Å². The molecular formula is C22H23ClN4O2S. The number of Topliss-reactive ketones (excluding diaryl/α,β-unsaturated/α-hetero) is 1. The van der Waals surface area contributed by atoms with Gasteiger partial charge in [0.25, 0.3) is 0 Å². The topological polar surface area (TPSA) is 60.2 Å². The molecule has 1 aliphatic rings. The normalized spacial score (nSPS) is 13.6. The van der Waals surface area contributed by atoms with E-state index in [1.807, 2.05) is 36.4 Å². The zero-order chi connectivity index (χ0) is 21.1. The van der Waals surface area contributed by atoms with Gasteiger partial charge in [-0.25, -0.2) is 0 Å². The van der Waals surface area contributed by atoms with Gasteiger partial charge in [0, 0.05) is 35.0 Å². The van der Waals surface area contributed by atoms with Crippen LogP contribution in [0.25, 0.3) is 5.69 Å². The zero-order valence-corrected chi connectivity index (χ0v) is 18.5. The monoisotopic (exact) mass is 442 g/mol. The first-order chi connectivity index (χ1) is 14.6. The summed E-state index contributed by atoms with van der Waals surface area (Å²) in [4.78, 5) is 14.1. The van der Waals surface area contributed by atoms with E-state index in [1.165, 1.54) is 0 Å². The Balaban J connectivity index is 1.68. The summed E-state index contributed by atoms with van der Waals surface area (Å²) in [7, 11) is 1.64. The number of hydrogen-bond acceptors (Lipinski definition) is 6. The lowest BCUT2D eigenvalue weighted by molar-refractivity contribution is 0.101. The molecule has 1 aromatic heterocycles. The summed E-state index contributed by atoms with van der Waals surface area (Å²) in [6.07, 6.45) is 2.31. The number of nitrogens with zero attached hydrogens (tertiary/aromatic N) is 4. The number of thioether (sulfide) groups is 1. The molecule has 156 valence electrons. The highest BCUT2D eigenvalue weighted by molar-refractivity contribution is 7.98. The van der Waals surface area contributed by atoms with Crippen molar-refractivity contribution in [1.82, 2.24) is 14.8 Å². The van der Waals surface area contributed by atoms with Gasteiger partial charge >= 0.3 is 0 Å². The molecule has 4 rings (SSSR count). The van der Waals surface area contributed by atoms with Crippen molar-refractivity contribution in [2.45, 2.75) is 30.7 Å². The van der Waals surface area contributed by atoms with Crippen molar-refractivity contribution >= 4 is 35.1 Å². The third-order valence-corrected chi connectivity index (χ3v) is 6.33. The van der Waals surface area contributed by atoms with Crippen LogP contribution in [-0.4, -0.2) is 40.7 Å². The van der Waals surface area contributed by atoms with Crippen molar-refractivity contribution in [2.24, 2.45) is 0 Å². The van der Waals surface area contributed by atoms with E-state index in [2.05, 4.69) is 19.7 Å². The Hall–Kier alpha value is -2.51. The van der Waals surface area contributed by atoms with Gasteiger partial charge in [0.1, 0.15) is 5.75 Å². The third kappa shape index (κ3) is 4.32. The molecule has 1 aliphatic heterocycles. The highest BCUT2D eigenvalue weighted by Crippen LogP contribution is 2.33. The molecule has 1 fully saturated rings. The quantitative estimate of drug-likeness (QED) is 0.378. The van der Waals surface area contributed by atoms with Gasteiger partial charge in [-0.1, -0.05) is 29.4 Å². The number of hydrogen-bond donors (Lipinski definition) is 0. The van der Waals surface area contributed by atoms with Crippen molar-refractivity contribution in [3.63, 3.8) is 0 Å². The molecule has 1 saturated heterocycles. The molecule has 0 unspecified atom stereocenters. The van der Waals surface area contributed by atoms with Gasteiger partial charge in [0.05, 0.1) is 12.8 Å². The predicted molar refractivity (Wildman–Crippen MR) is 120 cm³/mol. The van der Waals surface area contributed by atoms with Crippen molar-refractivity contribution in [3.05, 3.63) is 58.6 Å². The lowest BCUT2D eigenvalue weighted by atomic mass is 10.1. The van der Waals surface area contributed by atoms with E-state index in [-0.39, 0.29) is 5.78 Å². The van der Waals surface area contributed by atoms with Gasteiger partial charge in [-0.15, -0.1) is 10.2 Å². The SMILES string of the molecule is COc1ccc(C(C)=O)cc1CSc1nnc(N2CCCC2)n1-c1cccc(Cl)c1. The fourth-order valence-electron chi connectivity index (χ4n) is 3.57. The fourth-order valence-corrected chi connectivity index (χ4v) is 4.68. The molecule has 0 spiro atoms. The van der Waals surface area contributed by atoms with E-state index in [1.54, 1.807) is 31.9 Å². The van der Waals surface area contributed by atoms with E-state index >= 15 is 0 Å². The number of aromatic nitrogens is 3. The number of rotatable bonds is 7. The first-order valence-electron chi connectivity index (χ1n) is 9.84.